The number of benzene rings is 2. The van der Waals surface area contributed by atoms with E-state index in [1.54, 1.807) is 6.20 Å². The van der Waals surface area contributed by atoms with E-state index in [1.165, 1.54) is 0 Å². The van der Waals surface area contributed by atoms with Gasteiger partial charge >= 0.3 is 0 Å². The van der Waals surface area contributed by atoms with Crippen LogP contribution in [0.5, 0.6) is 5.75 Å². The molecule has 23 heavy (non-hydrogen) atoms. The molecule has 2 N–H and O–H groups in total. The topological polar surface area (TPSA) is 53.1 Å². The first kappa shape index (κ1) is 17.1. The van der Waals surface area contributed by atoms with Crippen LogP contribution in [0, 0.1) is 0 Å². The van der Waals surface area contributed by atoms with Gasteiger partial charge in [0, 0.05) is 30.9 Å². The van der Waals surface area contributed by atoms with Gasteiger partial charge in [0.2, 0.25) is 0 Å². The van der Waals surface area contributed by atoms with Crippen LogP contribution < -0.4 is 10.5 Å². The molecule has 0 saturated carbocycles. The van der Waals surface area contributed by atoms with E-state index < -0.39 is 0 Å². The first-order chi connectivity index (χ1) is 10.8. The second-order valence-corrected chi connectivity index (χ2v) is 5.14. The van der Waals surface area contributed by atoms with Gasteiger partial charge in [-0.2, -0.15) is 5.10 Å². The molecule has 1 aromatic heterocycles. The summed E-state index contributed by atoms with van der Waals surface area (Å²) in [6.07, 6.45) is 1.79. The molecule has 0 spiro atoms. The van der Waals surface area contributed by atoms with Gasteiger partial charge in [-0.05, 0) is 29.8 Å². The Morgan fingerprint density at radius 1 is 1.09 bits per heavy atom. The van der Waals surface area contributed by atoms with Gasteiger partial charge < -0.3 is 10.5 Å². The number of hydrogen-bond acceptors (Lipinski definition) is 3. The third-order valence-corrected chi connectivity index (χ3v) is 3.63. The summed E-state index contributed by atoms with van der Waals surface area (Å²) in [5, 5.41) is 4.20. The molecule has 0 aliphatic carbocycles. The van der Waals surface area contributed by atoms with Crippen LogP contribution in [0.3, 0.4) is 0 Å². The van der Waals surface area contributed by atoms with Gasteiger partial charge in [-0.15, -0.1) is 12.4 Å². The van der Waals surface area contributed by atoms with Crippen LogP contribution in [0.25, 0.3) is 11.3 Å². The van der Waals surface area contributed by atoms with Crippen molar-refractivity contribution < 1.29 is 4.74 Å². The zero-order valence-electron chi connectivity index (χ0n) is 13.0. The maximum Gasteiger partial charge on any atom is 0.124 e. The Balaban J connectivity index is 0.00000192. The van der Waals surface area contributed by atoms with E-state index in [1.807, 2.05) is 60.3 Å². The van der Waals surface area contributed by atoms with Crippen LogP contribution in [0.4, 0.5) is 0 Å². The highest BCUT2D eigenvalue weighted by atomic mass is 35.5. The molecule has 2 aromatic carbocycles. The van der Waals surface area contributed by atoms with E-state index in [2.05, 4.69) is 11.2 Å². The molecule has 0 saturated heterocycles. The molecule has 1 heterocycles. The third-order valence-electron chi connectivity index (χ3n) is 3.63. The summed E-state index contributed by atoms with van der Waals surface area (Å²) in [6.45, 7) is 0.981. The molecule has 0 aliphatic heterocycles. The average molecular weight is 330 g/mol. The highest BCUT2D eigenvalue weighted by Crippen LogP contribution is 2.26. The number of nitrogens with two attached hydrogens (primary N) is 1. The molecular formula is C18H20ClN3O. The number of nitrogens with zero attached hydrogens (tertiary/aromatic N) is 2. The number of halogens is 1. The van der Waals surface area contributed by atoms with Crippen LogP contribution in [-0.2, 0) is 20.2 Å². The largest absolute Gasteiger partial charge is 0.489 e. The summed E-state index contributed by atoms with van der Waals surface area (Å²) in [5.74, 6) is 0.831. The second kappa shape index (κ2) is 7.81. The van der Waals surface area contributed by atoms with Crippen molar-refractivity contribution >= 4 is 12.4 Å². The molecule has 4 nitrogen and oxygen atoms in total. The number of aryl methyl sites for hydroxylation is 1. The Morgan fingerprint density at radius 2 is 1.87 bits per heavy atom. The van der Waals surface area contributed by atoms with Gasteiger partial charge in [-0.3, -0.25) is 4.68 Å². The smallest absolute Gasteiger partial charge is 0.124 e. The van der Waals surface area contributed by atoms with Crippen molar-refractivity contribution in [3.05, 3.63) is 71.9 Å². The predicted molar refractivity (Wildman–Crippen MR) is 94.6 cm³/mol. The number of aromatic nitrogens is 2. The van der Waals surface area contributed by atoms with Gasteiger partial charge in [-0.25, -0.2) is 0 Å². The lowest BCUT2D eigenvalue weighted by Crippen LogP contribution is -2.03. The second-order valence-electron chi connectivity index (χ2n) is 5.14. The van der Waals surface area contributed by atoms with Gasteiger partial charge in [0.05, 0.1) is 5.69 Å². The predicted octanol–water partition coefficient (Wildman–Crippen LogP) is 3.55. The molecule has 3 rings (SSSR count). The fourth-order valence-corrected chi connectivity index (χ4v) is 2.43. The molecule has 0 aliphatic rings. The lowest BCUT2D eigenvalue weighted by atomic mass is 10.1. The molecule has 3 aromatic rings. The van der Waals surface area contributed by atoms with E-state index in [0.717, 1.165) is 28.1 Å². The van der Waals surface area contributed by atoms with Crippen molar-refractivity contribution in [3.8, 4) is 17.0 Å². The molecule has 0 atom stereocenters. The average Bonchev–Trinajstić information content (AvgIpc) is 3.00. The Hall–Kier alpha value is -2.30. The van der Waals surface area contributed by atoms with Gasteiger partial charge in [0.15, 0.2) is 0 Å². The van der Waals surface area contributed by atoms with Crippen molar-refractivity contribution in [3.63, 3.8) is 0 Å². The van der Waals surface area contributed by atoms with Crippen LogP contribution >= 0.6 is 12.4 Å². The van der Waals surface area contributed by atoms with E-state index in [9.17, 15) is 0 Å². The monoisotopic (exact) mass is 329 g/mol. The molecule has 0 fully saturated rings. The van der Waals surface area contributed by atoms with Gasteiger partial charge in [0.1, 0.15) is 12.4 Å². The SMILES string of the molecule is Cl.Cn1nccc1-c1ccc(OCc2ccccc2)c(CN)c1. The molecular weight excluding hydrogens is 310 g/mol. The van der Waals surface area contributed by atoms with Crippen molar-refractivity contribution in [1.29, 1.82) is 0 Å². The highest BCUT2D eigenvalue weighted by Gasteiger charge is 2.08. The van der Waals surface area contributed by atoms with E-state index in [4.69, 9.17) is 10.5 Å². The third kappa shape index (κ3) is 3.92. The summed E-state index contributed by atoms with van der Waals surface area (Å²) in [7, 11) is 1.93. The first-order valence-electron chi connectivity index (χ1n) is 7.26. The summed E-state index contributed by atoms with van der Waals surface area (Å²) < 4.78 is 7.76. The van der Waals surface area contributed by atoms with E-state index in [0.29, 0.717) is 13.2 Å². The number of hydrogen-bond donors (Lipinski definition) is 1. The number of ether oxygens (including phenoxy) is 1. The minimum absolute atomic E-state index is 0. The lowest BCUT2D eigenvalue weighted by molar-refractivity contribution is 0.303. The van der Waals surface area contributed by atoms with Gasteiger partial charge in [0.25, 0.3) is 0 Å². The maximum absolute atomic E-state index is 5.91. The molecule has 120 valence electrons. The Bertz CT molecular complexity index is 756. The summed E-state index contributed by atoms with van der Waals surface area (Å²) in [6, 6.07) is 18.2. The minimum Gasteiger partial charge on any atom is -0.489 e. The van der Waals surface area contributed by atoms with E-state index in [-0.39, 0.29) is 12.4 Å². The first-order valence-corrected chi connectivity index (χ1v) is 7.26. The van der Waals surface area contributed by atoms with Crippen LogP contribution in [0.15, 0.2) is 60.8 Å². The Kier molecular flexibility index (Phi) is 5.79. The lowest BCUT2D eigenvalue weighted by Gasteiger charge is -2.12. The normalized spacial score (nSPS) is 10.2. The highest BCUT2D eigenvalue weighted by molar-refractivity contribution is 5.85. The zero-order valence-corrected chi connectivity index (χ0v) is 13.8. The zero-order chi connectivity index (χ0) is 15.4. The van der Waals surface area contributed by atoms with Crippen LogP contribution in [-0.4, -0.2) is 9.78 Å². The molecule has 0 amide bonds. The molecule has 0 unspecified atom stereocenters. The summed E-state index contributed by atoms with van der Waals surface area (Å²) in [4.78, 5) is 0. The van der Waals surface area contributed by atoms with Crippen molar-refractivity contribution in [2.45, 2.75) is 13.2 Å². The maximum atomic E-state index is 5.91. The molecule has 0 radical (unpaired) electrons. The van der Waals surface area contributed by atoms with Crippen molar-refractivity contribution in [1.82, 2.24) is 9.78 Å². The van der Waals surface area contributed by atoms with Crippen LogP contribution in [0.1, 0.15) is 11.1 Å². The minimum atomic E-state index is 0. The van der Waals surface area contributed by atoms with Gasteiger partial charge in [-0.1, -0.05) is 30.3 Å². The molecule has 5 heteroatoms. The number of rotatable bonds is 5. The van der Waals surface area contributed by atoms with Crippen molar-refractivity contribution in [2.75, 3.05) is 0 Å². The van der Waals surface area contributed by atoms with E-state index >= 15 is 0 Å². The van der Waals surface area contributed by atoms with Crippen molar-refractivity contribution in [2.24, 2.45) is 12.8 Å². The molecule has 0 bridgehead atoms. The standard InChI is InChI=1S/C18H19N3O.ClH/c1-21-17(9-10-20-21)15-7-8-18(16(11-15)12-19)22-13-14-5-3-2-4-6-14;/h2-11H,12-13,19H2,1H3;1H. The summed E-state index contributed by atoms with van der Waals surface area (Å²) in [5.41, 5.74) is 10.2. The Morgan fingerprint density at radius 3 is 2.52 bits per heavy atom. The fourth-order valence-electron chi connectivity index (χ4n) is 2.43. The fraction of sp³-hybridized carbons (Fsp3) is 0.167. The Labute approximate surface area is 142 Å². The van der Waals surface area contributed by atoms with Crippen LogP contribution in [0.2, 0.25) is 0 Å². The quantitative estimate of drug-likeness (QED) is 0.779. The summed E-state index contributed by atoms with van der Waals surface area (Å²) >= 11 is 0.